The molecule has 1 unspecified atom stereocenters. The van der Waals surface area contributed by atoms with Crippen molar-refractivity contribution in [3.8, 4) is 5.75 Å². The fraction of sp³-hybridized carbons (Fsp3) is 0.600. The van der Waals surface area contributed by atoms with Gasteiger partial charge in [-0.05, 0) is 54.0 Å². The van der Waals surface area contributed by atoms with Gasteiger partial charge in [0, 0.05) is 6.54 Å². The molecule has 1 aromatic carbocycles. The minimum absolute atomic E-state index is 0.326. The predicted octanol–water partition coefficient (Wildman–Crippen LogP) is 3.31. The summed E-state index contributed by atoms with van der Waals surface area (Å²) in [4.78, 5) is 2.29. The van der Waals surface area contributed by atoms with Gasteiger partial charge in [0.25, 0.3) is 0 Å². The summed E-state index contributed by atoms with van der Waals surface area (Å²) >= 11 is 3.43. The van der Waals surface area contributed by atoms with E-state index in [1.54, 1.807) is 0 Å². The first-order valence-corrected chi connectivity index (χ1v) is 7.74. The van der Waals surface area contributed by atoms with E-state index in [1.165, 1.54) is 0 Å². The molecule has 0 saturated carbocycles. The smallest absolute Gasteiger partial charge is 0.133 e. The molecule has 1 atom stereocenters. The minimum Gasteiger partial charge on any atom is -0.490 e. The largest absolute Gasteiger partial charge is 0.490 e. The van der Waals surface area contributed by atoms with Gasteiger partial charge in [-0.15, -0.1) is 0 Å². The third-order valence-electron chi connectivity index (χ3n) is 2.82. The average Bonchev–Trinajstić information content (AvgIpc) is 2.38. The van der Waals surface area contributed by atoms with E-state index in [1.807, 2.05) is 24.3 Å². The standard InChI is InChI=1S/C15H24BrNO2/c1-3-9-17(10-4-2)11-13(18)12-19-15-8-6-5-7-14(15)16/h5-8,13,18H,3-4,9-12H2,1-2H3. The van der Waals surface area contributed by atoms with Gasteiger partial charge in [-0.25, -0.2) is 0 Å². The monoisotopic (exact) mass is 329 g/mol. The topological polar surface area (TPSA) is 32.7 Å². The lowest BCUT2D eigenvalue weighted by atomic mass is 10.3. The number of benzene rings is 1. The second-order valence-electron chi connectivity index (χ2n) is 4.70. The van der Waals surface area contributed by atoms with Gasteiger partial charge in [-0.1, -0.05) is 26.0 Å². The number of para-hydroxylation sites is 1. The molecule has 0 spiro atoms. The molecule has 0 amide bonds. The van der Waals surface area contributed by atoms with Crippen molar-refractivity contribution in [2.24, 2.45) is 0 Å². The summed E-state index contributed by atoms with van der Waals surface area (Å²) in [5.41, 5.74) is 0. The van der Waals surface area contributed by atoms with Crippen LogP contribution in [0.3, 0.4) is 0 Å². The number of hydrogen-bond donors (Lipinski definition) is 1. The Morgan fingerprint density at radius 3 is 2.42 bits per heavy atom. The molecular weight excluding hydrogens is 306 g/mol. The van der Waals surface area contributed by atoms with Crippen molar-refractivity contribution in [2.75, 3.05) is 26.2 Å². The summed E-state index contributed by atoms with van der Waals surface area (Å²) in [6, 6.07) is 7.69. The summed E-state index contributed by atoms with van der Waals surface area (Å²) in [6.07, 6.45) is 1.76. The maximum absolute atomic E-state index is 10.0. The summed E-state index contributed by atoms with van der Waals surface area (Å²) in [7, 11) is 0. The molecule has 0 saturated heterocycles. The molecule has 108 valence electrons. The number of aliphatic hydroxyl groups excluding tert-OH is 1. The molecule has 0 aliphatic rings. The van der Waals surface area contributed by atoms with Gasteiger partial charge in [0.15, 0.2) is 0 Å². The molecule has 0 aliphatic heterocycles. The lowest BCUT2D eigenvalue weighted by Crippen LogP contribution is -2.36. The molecule has 0 aliphatic carbocycles. The van der Waals surface area contributed by atoms with E-state index >= 15 is 0 Å². The molecule has 0 aromatic heterocycles. The summed E-state index contributed by atoms with van der Waals surface area (Å²) in [6.45, 7) is 7.37. The Morgan fingerprint density at radius 1 is 1.21 bits per heavy atom. The van der Waals surface area contributed by atoms with Crippen molar-refractivity contribution in [3.63, 3.8) is 0 Å². The van der Waals surface area contributed by atoms with E-state index in [-0.39, 0.29) is 0 Å². The molecular formula is C15H24BrNO2. The fourth-order valence-electron chi connectivity index (χ4n) is 2.03. The van der Waals surface area contributed by atoms with Crippen molar-refractivity contribution >= 4 is 15.9 Å². The lowest BCUT2D eigenvalue weighted by molar-refractivity contribution is 0.0679. The Hall–Kier alpha value is -0.580. The quantitative estimate of drug-likeness (QED) is 0.754. The highest BCUT2D eigenvalue weighted by Gasteiger charge is 2.11. The van der Waals surface area contributed by atoms with Crippen molar-refractivity contribution < 1.29 is 9.84 Å². The molecule has 0 heterocycles. The van der Waals surface area contributed by atoms with Gasteiger partial charge in [0.1, 0.15) is 18.5 Å². The molecule has 19 heavy (non-hydrogen) atoms. The number of ether oxygens (including phenoxy) is 1. The Bertz CT molecular complexity index is 354. The zero-order chi connectivity index (χ0) is 14.1. The first kappa shape index (κ1) is 16.5. The SMILES string of the molecule is CCCN(CCC)CC(O)COc1ccccc1Br. The van der Waals surface area contributed by atoms with Crippen LogP contribution in [0, 0.1) is 0 Å². The normalized spacial score (nSPS) is 12.7. The number of rotatable bonds is 9. The molecule has 4 heteroatoms. The second-order valence-corrected chi connectivity index (χ2v) is 5.55. The summed E-state index contributed by atoms with van der Waals surface area (Å²) in [5.74, 6) is 0.777. The van der Waals surface area contributed by atoms with Crippen LogP contribution in [-0.4, -0.2) is 42.4 Å². The number of halogens is 1. The second kappa shape index (κ2) is 9.34. The van der Waals surface area contributed by atoms with Crippen molar-refractivity contribution in [1.29, 1.82) is 0 Å². The van der Waals surface area contributed by atoms with Crippen molar-refractivity contribution in [2.45, 2.75) is 32.8 Å². The van der Waals surface area contributed by atoms with E-state index in [2.05, 4.69) is 34.7 Å². The Labute approximate surface area is 124 Å². The molecule has 0 radical (unpaired) electrons. The molecule has 0 bridgehead atoms. The van der Waals surface area contributed by atoms with E-state index in [9.17, 15) is 5.11 Å². The van der Waals surface area contributed by atoms with Crippen LogP contribution in [0.5, 0.6) is 5.75 Å². The van der Waals surface area contributed by atoms with Gasteiger partial charge >= 0.3 is 0 Å². The molecule has 1 aromatic rings. The third kappa shape index (κ3) is 6.41. The number of aliphatic hydroxyl groups is 1. The number of hydrogen-bond acceptors (Lipinski definition) is 3. The highest BCUT2D eigenvalue weighted by Crippen LogP contribution is 2.23. The first-order chi connectivity index (χ1) is 9.17. The van der Waals surface area contributed by atoms with Crippen LogP contribution in [0.2, 0.25) is 0 Å². The van der Waals surface area contributed by atoms with E-state index < -0.39 is 6.10 Å². The van der Waals surface area contributed by atoms with Crippen LogP contribution in [0.15, 0.2) is 28.7 Å². The van der Waals surface area contributed by atoms with Crippen molar-refractivity contribution in [3.05, 3.63) is 28.7 Å². The van der Waals surface area contributed by atoms with E-state index in [0.29, 0.717) is 13.2 Å². The fourth-order valence-corrected chi connectivity index (χ4v) is 2.42. The maximum Gasteiger partial charge on any atom is 0.133 e. The van der Waals surface area contributed by atoms with E-state index in [0.717, 1.165) is 36.2 Å². The van der Waals surface area contributed by atoms with Gasteiger partial charge in [-0.2, -0.15) is 0 Å². The average molecular weight is 330 g/mol. The molecule has 3 nitrogen and oxygen atoms in total. The van der Waals surface area contributed by atoms with Crippen LogP contribution in [0.1, 0.15) is 26.7 Å². The van der Waals surface area contributed by atoms with Crippen LogP contribution in [0.25, 0.3) is 0 Å². The Kier molecular flexibility index (Phi) is 8.10. The van der Waals surface area contributed by atoms with Gasteiger partial charge in [0.2, 0.25) is 0 Å². The van der Waals surface area contributed by atoms with Gasteiger partial charge in [-0.3, -0.25) is 0 Å². The van der Waals surface area contributed by atoms with Crippen LogP contribution < -0.4 is 4.74 Å². The van der Waals surface area contributed by atoms with E-state index in [4.69, 9.17) is 4.74 Å². The van der Waals surface area contributed by atoms with Crippen LogP contribution >= 0.6 is 15.9 Å². The summed E-state index contributed by atoms with van der Waals surface area (Å²) < 4.78 is 6.55. The predicted molar refractivity (Wildman–Crippen MR) is 82.7 cm³/mol. The first-order valence-electron chi connectivity index (χ1n) is 6.95. The highest BCUT2D eigenvalue weighted by atomic mass is 79.9. The van der Waals surface area contributed by atoms with Crippen molar-refractivity contribution in [1.82, 2.24) is 4.90 Å². The molecule has 1 rings (SSSR count). The highest BCUT2D eigenvalue weighted by molar-refractivity contribution is 9.10. The molecule has 0 fully saturated rings. The third-order valence-corrected chi connectivity index (χ3v) is 3.47. The zero-order valence-corrected chi connectivity index (χ0v) is 13.4. The van der Waals surface area contributed by atoms with Gasteiger partial charge in [0.05, 0.1) is 4.47 Å². The minimum atomic E-state index is -0.454. The van der Waals surface area contributed by atoms with Crippen LogP contribution in [0.4, 0.5) is 0 Å². The Morgan fingerprint density at radius 2 is 1.84 bits per heavy atom. The zero-order valence-electron chi connectivity index (χ0n) is 11.8. The lowest BCUT2D eigenvalue weighted by Gasteiger charge is -2.24. The summed E-state index contributed by atoms with van der Waals surface area (Å²) in [5, 5.41) is 10.0. The molecule has 1 N–H and O–H groups in total. The Balaban J connectivity index is 2.38. The maximum atomic E-state index is 10.0. The van der Waals surface area contributed by atoms with Crippen LogP contribution in [-0.2, 0) is 0 Å². The van der Waals surface area contributed by atoms with Gasteiger partial charge < -0.3 is 14.7 Å². The number of nitrogens with zero attached hydrogens (tertiary/aromatic N) is 1.